The summed E-state index contributed by atoms with van der Waals surface area (Å²) in [5, 5.41) is 0. The van der Waals surface area contributed by atoms with E-state index >= 15 is 0 Å². The van der Waals surface area contributed by atoms with E-state index in [1.54, 1.807) is 0 Å². The number of hydrogen-bond acceptors (Lipinski definition) is 3. The summed E-state index contributed by atoms with van der Waals surface area (Å²) in [7, 11) is 2.14. The van der Waals surface area contributed by atoms with Crippen LogP contribution in [0.15, 0.2) is 30.3 Å². The lowest BCUT2D eigenvalue weighted by molar-refractivity contribution is 0.328. The number of rotatable bonds is 7. The van der Waals surface area contributed by atoms with Crippen LogP contribution in [0.5, 0.6) is 0 Å². The van der Waals surface area contributed by atoms with Gasteiger partial charge in [0.25, 0.3) is 0 Å². The van der Waals surface area contributed by atoms with Crippen LogP contribution in [0.2, 0.25) is 0 Å². The van der Waals surface area contributed by atoms with E-state index in [1.807, 2.05) is 17.8 Å². The number of hydrogen-bond donors (Lipinski definition) is 1. The summed E-state index contributed by atoms with van der Waals surface area (Å²) in [4.78, 5) is 2.31. The number of nitrogens with zero attached hydrogens (tertiary/aromatic N) is 1. The molecule has 0 aliphatic heterocycles. The van der Waals surface area contributed by atoms with Crippen LogP contribution in [-0.4, -0.2) is 43.1 Å². The number of benzene rings is 1. The van der Waals surface area contributed by atoms with Crippen LogP contribution in [0.3, 0.4) is 0 Å². The lowest BCUT2D eigenvalue weighted by Gasteiger charge is -2.20. The maximum Gasteiger partial charge on any atom is 0.0208 e. The molecule has 1 aromatic carbocycles. The van der Waals surface area contributed by atoms with Gasteiger partial charge in [-0.1, -0.05) is 30.3 Å². The second-order valence-corrected chi connectivity index (χ2v) is 5.19. The van der Waals surface area contributed by atoms with Gasteiger partial charge in [0.15, 0.2) is 0 Å². The molecule has 0 aliphatic carbocycles. The Hall–Kier alpha value is -0.510. The van der Waals surface area contributed by atoms with E-state index in [9.17, 15) is 0 Å². The second kappa shape index (κ2) is 7.71. The molecular weight excluding hydrogens is 216 g/mol. The van der Waals surface area contributed by atoms with Crippen LogP contribution in [0.1, 0.15) is 5.56 Å². The van der Waals surface area contributed by atoms with Crippen molar-refractivity contribution in [2.24, 2.45) is 5.73 Å². The fourth-order valence-corrected chi connectivity index (χ4v) is 2.21. The molecule has 0 saturated heterocycles. The highest BCUT2D eigenvalue weighted by Gasteiger charge is 2.07. The third-order valence-corrected chi connectivity index (χ3v) is 3.15. The zero-order chi connectivity index (χ0) is 11.8. The maximum atomic E-state index is 6.13. The van der Waals surface area contributed by atoms with Gasteiger partial charge in [-0.15, -0.1) is 0 Å². The molecule has 0 saturated carbocycles. The average Bonchev–Trinajstić information content (AvgIpc) is 2.27. The van der Waals surface area contributed by atoms with Crippen LogP contribution in [0, 0.1) is 0 Å². The van der Waals surface area contributed by atoms with Crippen LogP contribution in [-0.2, 0) is 6.42 Å². The highest BCUT2D eigenvalue weighted by molar-refractivity contribution is 7.98. The quantitative estimate of drug-likeness (QED) is 0.786. The molecule has 1 aromatic rings. The molecule has 0 fully saturated rings. The highest BCUT2D eigenvalue weighted by Crippen LogP contribution is 2.03. The minimum atomic E-state index is 0.231. The lowest BCUT2D eigenvalue weighted by Crippen LogP contribution is -2.37. The Morgan fingerprint density at radius 2 is 2.00 bits per heavy atom. The van der Waals surface area contributed by atoms with Crippen molar-refractivity contribution in [1.29, 1.82) is 0 Å². The first-order valence-electron chi connectivity index (χ1n) is 5.69. The van der Waals surface area contributed by atoms with E-state index in [2.05, 4.69) is 42.5 Å². The van der Waals surface area contributed by atoms with Gasteiger partial charge >= 0.3 is 0 Å². The second-order valence-electron chi connectivity index (χ2n) is 4.20. The third kappa shape index (κ3) is 5.54. The van der Waals surface area contributed by atoms with Gasteiger partial charge in [0, 0.05) is 24.9 Å². The SMILES string of the molecule is CSCCN(C)CC(N)Cc1ccccc1. The predicted octanol–water partition coefficient (Wildman–Crippen LogP) is 1.85. The van der Waals surface area contributed by atoms with Gasteiger partial charge in [-0.2, -0.15) is 11.8 Å². The van der Waals surface area contributed by atoms with E-state index in [0.29, 0.717) is 0 Å². The monoisotopic (exact) mass is 238 g/mol. The highest BCUT2D eigenvalue weighted by atomic mass is 32.2. The average molecular weight is 238 g/mol. The smallest absolute Gasteiger partial charge is 0.0208 e. The molecule has 3 heteroatoms. The predicted molar refractivity (Wildman–Crippen MR) is 74.0 cm³/mol. The molecule has 0 bridgehead atoms. The van der Waals surface area contributed by atoms with Crippen molar-refractivity contribution in [3.8, 4) is 0 Å². The summed E-state index contributed by atoms with van der Waals surface area (Å²) in [6.45, 7) is 2.08. The molecule has 0 aromatic heterocycles. The molecule has 0 radical (unpaired) electrons. The van der Waals surface area contributed by atoms with Gasteiger partial charge in [-0.05, 0) is 25.3 Å². The Morgan fingerprint density at radius 3 is 2.62 bits per heavy atom. The molecule has 1 unspecified atom stereocenters. The summed E-state index contributed by atoms with van der Waals surface area (Å²) in [5.74, 6) is 1.18. The zero-order valence-corrected chi connectivity index (χ0v) is 11.0. The van der Waals surface area contributed by atoms with Crippen molar-refractivity contribution in [3.05, 3.63) is 35.9 Å². The fourth-order valence-electron chi connectivity index (χ4n) is 1.72. The Morgan fingerprint density at radius 1 is 1.31 bits per heavy atom. The summed E-state index contributed by atoms with van der Waals surface area (Å²) < 4.78 is 0. The molecule has 1 atom stereocenters. The summed E-state index contributed by atoms with van der Waals surface area (Å²) >= 11 is 1.88. The van der Waals surface area contributed by atoms with Crippen molar-refractivity contribution in [2.75, 3.05) is 32.1 Å². The standard InChI is InChI=1S/C13H22N2S/c1-15(8-9-16-2)11-13(14)10-12-6-4-3-5-7-12/h3-7,13H,8-11,14H2,1-2H3. The summed E-state index contributed by atoms with van der Waals surface area (Å²) in [6.07, 6.45) is 3.10. The molecular formula is C13H22N2S. The van der Waals surface area contributed by atoms with Crippen molar-refractivity contribution in [3.63, 3.8) is 0 Å². The first kappa shape index (κ1) is 13.6. The Bertz CT molecular complexity index is 277. The van der Waals surface area contributed by atoms with Crippen molar-refractivity contribution < 1.29 is 0 Å². The van der Waals surface area contributed by atoms with Crippen molar-refractivity contribution in [1.82, 2.24) is 4.90 Å². The van der Waals surface area contributed by atoms with Crippen LogP contribution < -0.4 is 5.73 Å². The van der Waals surface area contributed by atoms with Crippen LogP contribution >= 0.6 is 11.8 Å². The first-order chi connectivity index (χ1) is 7.72. The van der Waals surface area contributed by atoms with Gasteiger partial charge < -0.3 is 10.6 Å². The third-order valence-electron chi connectivity index (χ3n) is 2.56. The molecule has 0 aliphatic rings. The van der Waals surface area contributed by atoms with Crippen LogP contribution in [0.4, 0.5) is 0 Å². The van der Waals surface area contributed by atoms with Gasteiger partial charge in [0.2, 0.25) is 0 Å². The molecule has 0 spiro atoms. The Kier molecular flexibility index (Phi) is 6.53. The normalized spacial score (nSPS) is 13.0. The van der Waals surface area contributed by atoms with Crippen LogP contribution in [0.25, 0.3) is 0 Å². The van der Waals surface area contributed by atoms with Crippen molar-refractivity contribution in [2.45, 2.75) is 12.5 Å². The Labute approximate surface area is 103 Å². The summed E-state index contributed by atoms with van der Waals surface area (Å²) in [5.41, 5.74) is 7.46. The molecule has 0 amide bonds. The van der Waals surface area contributed by atoms with Crippen molar-refractivity contribution >= 4 is 11.8 Å². The molecule has 16 heavy (non-hydrogen) atoms. The fraction of sp³-hybridized carbons (Fsp3) is 0.538. The van der Waals surface area contributed by atoms with Gasteiger partial charge in [0.1, 0.15) is 0 Å². The minimum Gasteiger partial charge on any atom is -0.326 e. The number of thioether (sulfide) groups is 1. The van der Waals surface area contributed by atoms with E-state index in [-0.39, 0.29) is 6.04 Å². The van der Waals surface area contributed by atoms with E-state index < -0.39 is 0 Å². The lowest BCUT2D eigenvalue weighted by atomic mass is 10.1. The minimum absolute atomic E-state index is 0.231. The number of likely N-dealkylation sites (N-methyl/N-ethyl adjacent to an activating group) is 1. The topological polar surface area (TPSA) is 29.3 Å². The van der Waals surface area contributed by atoms with Gasteiger partial charge in [0.05, 0.1) is 0 Å². The molecule has 2 nitrogen and oxygen atoms in total. The molecule has 0 heterocycles. The largest absolute Gasteiger partial charge is 0.326 e. The van der Waals surface area contributed by atoms with Gasteiger partial charge in [-0.3, -0.25) is 0 Å². The van der Waals surface area contributed by atoms with E-state index in [1.165, 1.54) is 11.3 Å². The first-order valence-corrected chi connectivity index (χ1v) is 7.08. The number of nitrogens with two attached hydrogens (primary N) is 1. The molecule has 90 valence electrons. The van der Waals surface area contributed by atoms with E-state index in [4.69, 9.17) is 5.73 Å². The summed E-state index contributed by atoms with van der Waals surface area (Å²) in [6, 6.07) is 10.7. The Balaban J connectivity index is 2.27. The molecule has 2 N–H and O–H groups in total. The van der Waals surface area contributed by atoms with Gasteiger partial charge in [-0.25, -0.2) is 0 Å². The van der Waals surface area contributed by atoms with E-state index in [0.717, 1.165) is 19.5 Å². The maximum absolute atomic E-state index is 6.13. The molecule has 1 rings (SSSR count). The zero-order valence-electron chi connectivity index (χ0n) is 10.2.